The number of hydrogen-bond acceptors (Lipinski definition) is 7. The number of aromatic hydroxyl groups is 1. The number of rotatable bonds is 5. The molecule has 1 saturated heterocycles. The van der Waals surface area contributed by atoms with Crippen LogP contribution < -0.4 is 4.74 Å². The van der Waals surface area contributed by atoms with E-state index in [2.05, 4.69) is 0 Å². The van der Waals surface area contributed by atoms with Crippen LogP contribution in [0.2, 0.25) is 0 Å². The molecule has 1 unspecified atom stereocenters. The monoisotopic (exact) mass is 499 g/mol. The highest BCUT2D eigenvalue weighted by Gasteiger charge is 2.46. The molecule has 1 amide bonds. The van der Waals surface area contributed by atoms with Crippen molar-refractivity contribution < 1.29 is 34.1 Å². The number of methoxy groups -OCH3 is 1. The molecule has 5 rings (SSSR count). The molecule has 3 aromatic rings. The predicted molar refractivity (Wildman–Crippen MR) is 134 cm³/mol. The van der Waals surface area contributed by atoms with Crippen LogP contribution in [0, 0.1) is 0 Å². The number of ketones is 1. The van der Waals surface area contributed by atoms with Gasteiger partial charge in [0, 0.05) is 12.1 Å². The lowest BCUT2D eigenvalue weighted by molar-refractivity contribution is -0.140. The average molecular weight is 500 g/mol. The summed E-state index contributed by atoms with van der Waals surface area (Å²) in [5.74, 6) is -1.65. The molecule has 0 spiro atoms. The number of aliphatic hydroxyl groups is 1. The molecule has 2 aliphatic heterocycles. The lowest BCUT2D eigenvalue weighted by atomic mass is 9.93. The minimum Gasteiger partial charge on any atom is -0.508 e. The van der Waals surface area contributed by atoms with Gasteiger partial charge in [-0.2, -0.15) is 0 Å². The summed E-state index contributed by atoms with van der Waals surface area (Å²) in [6.07, 6.45) is 1.63. The fourth-order valence-electron chi connectivity index (χ4n) is 4.81. The Hall–Kier alpha value is -4.59. The first-order valence-electron chi connectivity index (χ1n) is 11.9. The molecule has 0 bridgehead atoms. The molecular formula is C29H25NO7. The minimum absolute atomic E-state index is 0.0311. The van der Waals surface area contributed by atoms with E-state index >= 15 is 0 Å². The molecule has 8 nitrogen and oxygen atoms in total. The third kappa shape index (κ3) is 4.53. The number of fused-ring (bicyclic) bond motifs is 1. The lowest BCUT2D eigenvalue weighted by Gasteiger charge is -2.26. The number of nitrogens with zero attached hydrogens (tertiary/aromatic N) is 1. The van der Waals surface area contributed by atoms with Crippen LogP contribution in [0.5, 0.6) is 11.5 Å². The number of amides is 1. The van der Waals surface area contributed by atoms with Gasteiger partial charge in [-0.15, -0.1) is 0 Å². The first-order valence-corrected chi connectivity index (χ1v) is 11.9. The van der Waals surface area contributed by atoms with E-state index in [1.54, 1.807) is 54.6 Å². The fourth-order valence-corrected chi connectivity index (χ4v) is 4.81. The molecule has 8 heteroatoms. The van der Waals surface area contributed by atoms with Gasteiger partial charge >= 0.3 is 5.97 Å². The van der Waals surface area contributed by atoms with E-state index in [1.165, 1.54) is 24.1 Å². The Morgan fingerprint density at radius 2 is 1.81 bits per heavy atom. The molecule has 0 radical (unpaired) electrons. The van der Waals surface area contributed by atoms with E-state index in [0.717, 1.165) is 24.2 Å². The normalized spacial score (nSPS) is 18.3. The molecule has 1 fully saturated rings. The maximum absolute atomic E-state index is 13.3. The van der Waals surface area contributed by atoms with Gasteiger partial charge in [0.2, 0.25) is 0 Å². The van der Waals surface area contributed by atoms with Gasteiger partial charge in [-0.1, -0.05) is 24.3 Å². The maximum Gasteiger partial charge on any atom is 0.337 e. The van der Waals surface area contributed by atoms with E-state index in [9.17, 15) is 24.6 Å². The number of likely N-dealkylation sites (tertiary alicyclic amines) is 1. The van der Waals surface area contributed by atoms with Gasteiger partial charge in [-0.25, -0.2) is 4.79 Å². The molecule has 1 atom stereocenters. The highest BCUT2D eigenvalue weighted by Crippen LogP contribution is 2.41. The minimum atomic E-state index is -0.931. The summed E-state index contributed by atoms with van der Waals surface area (Å²) >= 11 is 0. The molecule has 3 aromatic carbocycles. The zero-order chi connectivity index (χ0) is 26.1. The number of esters is 1. The highest BCUT2D eigenvalue weighted by molar-refractivity contribution is 6.46. The molecule has 2 aliphatic rings. The van der Waals surface area contributed by atoms with Crippen LogP contribution in [-0.2, 0) is 27.3 Å². The Bertz CT molecular complexity index is 1420. The summed E-state index contributed by atoms with van der Waals surface area (Å²) in [7, 11) is 1.29. The Kier molecular flexibility index (Phi) is 6.40. The second kappa shape index (κ2) is 9.81. The van der Waals surface area contributed by atoms with Gasteiger partial charge in [0.25, 0.3) is 11.7 Å². The number of phenols is 1. The molecule has 188 valence electrons. The third-order valence-corrected chi connectivity index (χ3v) is 6.64. The second-order valence-corrected chi connectivity index (χ2v) is 8.99. The first kappa shape index (κ1) is 24.1. The van der Waals surface area contributed by atoms with Gasteiger partial charge in [-0.05, 0) is 72.0 Å². The third-order valence-electron chi connectivity index (χ3n) is 6.64. The van der Waals surface area contributed by atoms with Gasteiger partial charge in [-0.3, -0.25) is 9.59 Å². The standard InChI is InChI=1S/C29H25NO7/c1-36-29(35)18-9-7-17(8-10-18)16-30-25(20-4-2-6-22(31)15-20)24(27(33)28(30)34)26(32)21-11-12-23-19(14-21)5-3-13-37-23/h2,4,6-12,14-15,25,31-32H,3,5,13,16H2,1H3/b26-24-. The average Bonchev–Trinajstić information content (AvgIpc) is 3.17. The number of ether oxygens (including phenoxy) is 2. The van der Waals surface area contributed by atoms with Crippen molar-refractivity contribution in [3.63, 3.8) is 0 Å². The SMILES string of the molecule is COC(=O)c1ccc(CN2C(=O)C(=O)/C(=C(\O)c3ccc4c(c3)CCCO4)C2c2cccc(O)c2)cc1. The predicted octanol–water partition coefficient (Wildman–Crippen LogP) is 4.13. The van der Waals surface area contributed by atoms with E-state index in [0.29, 0.717) is 28.9 Å². The summed E-state index contributed by atoms with van der Waals surface area (Å²) in [6, 6.07) is 17.0. The molecule has 0 saturated carbocycles. The van der Waals surface area contributed by atoms with Crippen LogP contribution in [0.3, 0.4) is 0 Å². The quantitative estimate of drug-likeness (QED) is 0.235. The summed E-state index contributed by atoms with van der Waals surface area (Å²) in [5, 5.41) is 21.5. The van der Waals surface area contributed by atoms with Crippen molar-refractivity contribution in [2.45, 2.75) is 25.4 Å². The highest BCUT2D eigenvalue weighted by atomic mass is 16.5. The van der Waals surface area contributed by atoms with Crippen molar-refractivity contribution in [3.05, 3.63) is 100 Å². The number of Topliss-reactive ketones (excluding diaryl/α,β-unsaturated/α-hetero) is 1. The van der Waals surface area contributed by atoms with Crippen molar-refractivity contribution in [3.8, 4) is 11.5 Å². The van der Waals surface area contributed by atoms with Gasteiger partial charge in [0.05, 0.1) is 30.9 Å². The molecule has 0 aromatic heterocycles. The number of aliphatic hydroxyl groups excluding tert-OH is 1. The van der Waals surface area contributed by atoms with Crippen LogP contribution in [0.15, 0.2) is 72.3 Å². The zero-order valence-electron chi connectivity index (χ0n) is 20.1. The Balaban J connectivity index is 1.58. The number of phenolic OH excluding ortho intramolecular Hbond substituents is 1. The van der Waals surface area contributed by atoms with Crippen molar-refractivity contribution in [2.24, 2.45) is 0 Å². The molecule has 2 N–H and O–H groups in total. The van der Waals surface area contributed by atoms with Gasteiger partial charge in [0.1, 0.15) is 17.3 Å². The summed E-state index contributed by atoms with van der Waals surface area (Å²) in [4.78, 5) is 39.7. The number of carbonyl (C=O) groups is 3. The molecular weight excluding hydrogens is 474 g/mol. The largest absolute Gasteiger partial charge is 0.508 e. The molecule has 0 aliphatic carbocycles. The van der Waals surface area contributed by atoms with Gasteiger partial charge in [0.15, 0.2) is 0 Å². The van der Waals surface area contributed by atoms with Crippen LogP contribution in [0.4, 0.5) is 0 Å². The summed E-state index contributed by atoms with van der Waals surface area (Å²) < 4.78 is 10.4. The number of aryl methyl sites for hydroxylation is 1. The second-order valence-electron chi connectivity index (χ2n) is 8.99. The van der Waals surface area contributed by atoms with Crippen molar-refractivity contribution in [1.82, 2.24) is 4.90 Å². The maximum atomic E-state index is 13.3. The van der Waals surface area contributed by atoms with Crippen LogP contribution in [-0.4, -0.2) is 46.5 Å². The van der Waals surface area contributed by atoms with E-state index in [1.807, 2.05) is 0 Å². The first-order chi connectivity index (χ1) is 17.9. The van der Waals surface area contributed by atoms with Crippen LogP contribution >= 0.6 is 0 Å². The Morgan fingerprint density at radius 1 is 1.05 bits per heavy atom. The molecule has 2 heterocycles. The lowest BCUT2D eigenvalue weighted by Crippen LogP contribution is -2.29. The van der Waals surface area contributed by atoms with Crippen molar-refractivity contribution >= 4 is 23.4 Å². The van der Waals surface area contributed by atoms with Gasteiger partial charge < -0.3 is 24.6 Å². The Labute approximate surface area is 213 Å². The van der Waals surface area contributed by atoms with E-state index in [-0.39, 0.29) is 23.6 Å². The fraction of sp³-hybridized carbons (Fsp3) is 0.207. The smallest absolute Gasteiger partial charge is 0.337 e. The number of hydrogen-bond donors (Lipinski definition) is 2. The number of carbonyl (C=O) groups excluding carboxylic acids is 3. The summed E-state index contributed by atoms with van der Waals surface area (Å²) in [6.45, 7) is 0.669. The van der Waals surface area contributed by atoms with E-state index in [4.69, 9.17) is 9.47 Å². The number of benzene rings is 3. The molecule has 37 heavy (non-hydrogen) atoms. The topological polar surface area (TPSA) is 113 Å². The summed E-state index contributed by atoms with van der Waals surface area (Å²) in [5.41, 5.74) is 2.78. The van der Waals surface area contributed by atoms with Crippen molar-refractivity contribution in [2.75, 3.05) is 13.7 Å². The van der Waals surface area contributed by atoms with E-state index < -0.39 is 23.7 Å². The van der Waals surface area contributed by atoms with Crippen LogP contribution in [0.1, 0.15) is 45.1 Å². The van der Waals surface area contributed by atoms with Crippen molar-refractivity contribution in [1.29, 1.82) is 0 Å². The van der Waals surface area contributed by atoms with Crippen LogP contribution in [0.25, 0.3) is 5.76 Å². The zero-order valence-corrected chi connectivity index (χ0v) is 20.1. The Morgan fingerprint density at radius 3 is 2.54 bits per heavy atom.